The highest BCUT2D eigenvalue weighted by Crippen LogP contribution is 2.37. The van der Waals surface area contributed by atoms with Crippen molar-refractivity contribution < 1.29 is 17.9 Å². The molecule has 0 saturated carbocycles. The maximum absolute atomic E-state index is 13.7. The van der Waals surface area contributed by atoms with E-state index in [-0.39, 0.29) is 17.9 Å². The summed E-state index contributed by atoms with van der Waals surface area (Å²) in [6, 6.07) is 8.96. The van der Waals surface area contributed by atoms with E-state index in [4.69, 9.17) is 4.74 Å². The van der Waals surface area contributed by atoms with Crippen LogP contribution in [0.1, 0.15) is 33.3 Å². The van der Waals surface area contributed by atoms with E-state index >= 15 is 0 Å². The molecule has 12 heteroatoms. The van der Waals surface area contributed by atoms with Crippen LogP contribution >= 0.6 is 0 Å². The Balaban J connectivity index is 1.57. The molecule has 39 heavy (non-hydrogen) atoms. The van der Waals surface area contributed by atoms with Gasteiger partial charge >= 0.3 is 6.09 Å². The maximum Gasteiger partial charge on any atom is 0.410 e. The second-order valence-electron chi connectivity index (χ2n) is 10.8. The summed E-state index contributed by atoms with van der Waals surface area (Å²) in [5.41, 5.74) is 1.84. The minimum Gasteiger partial charge on any atom is -0.444 e. The third kappa shape index (κ3) is 5.47. The third-order valence-corrected chi connectivity index (χ3v) is 8.17. The van der Waals surface area contributed by atoms with Crippen molar-refractivity contribution in [2.24, 2.45) is 7.05 Å². The summed E-state index contributed by atoms with van der Waals surface area (Å²) in [5.74, 6) is 0.442. The van der Waals surface area contributed by atoms with Crippen LogP contribution in [0.15, 0.2) is 55.2 Å². The van der Waals surface area contributed by atoms with Crippen molar-refractivity contribution in [3.8, 4) is 11.1 Å². The molecule has 0 radical (unpaired) electrons. The van der Waals surface area contributed by atoms with Crippen LogP contribution in [0.2, 0.25) is 0 Å². The van der Waals surface area contributed by atoms with E-state index in [0.29, 0.717) is 47.6 Å². The summed E-state index contributed by atoms with van der Waals surface area (Å²) in [5, 5.41) is 4.92. The molecule has 1 amide bonds. The van der Waals surface area contributed by atoms with Gasteiger partial charge in [0.05, 0.1) is 17.3 Å². The van der Waals surface area contributed by atoms with Crippen LogP contribution in [-0.2, 0) is 27.6 Å². The number of hydrogen-bond donors (Lipinski definition) is 0. The normalized spacial score (nSPS) is 16.6. The lowest BCUT2D eigenvalue weighted by molar-refractivity contribution is 0.0218. The number of rotatable bonds is 5. The first-order valence-electron chi connectivity index (χ1n) is 12.8. The van der Waals surface area contributed by atoms with E-state index in [1.54, 1.807) is 34.1 Å². The molecule has 0 unspecified atom stereocenters. The van der Waals surface area contributed by atoms with E-state index < -0.39 is 15.6 Å². The number of amides is 1. The summed E-state index contributed by atoms with van der Waals surface area (Å²) >= 11 is 0. The van der Waals surface area contributed by atoms with Gasteiger partial charge in [0.25, 0.3) is 0 Å². The van der Waals surface area contributed by atoms with Gasteiger partial charge in [-0.05, 0) is 33.3 Å². The third-order valence-electron chi connectivity index (χ3n) is 6.59. The van der Waals surface area contributed by atoms with Crippen molar-refractivity contribution in [3.63, 3.8) is 0 Å². The molecule has 4 aromatic rings. The topological polar surface area (TPSA) is 115 Å². The zero-order chi connectivity index (χ0) is 27.9. The number of fused-ring (bicyclic) bond motifs is 1. The molecule has 1 aliphatic rings. The second-order valence-corrected chi connectivity index (χ2v) is 12.7. The number of piperazine rings is 1. The van der Waals surface area contributed by atoms with Gasteiger partial charge in [0.1, 0.15) is 17.7 Å². The van der Waals surface area contributed by atoms with Crippen molar-refractivity contribution in [2.45, 2.75) is 45.1 Å². The van der Waals surface area contributed by atoms with E-state index in [9.17, 15) is 13.2 Å². The highest BCUT2D eigenvalue weighted by molar-refractivity contribution is 7.89. The minimum atomic E-state index is -3.81. The van der Waals surface area contributed by atoms with Gasteiger partial charge in [-0.25, -0.2) is 27.2 Å². The van der Waals surface area contributed by atoms with Gasteiger partial charge in [0.15, 0.2) is 5.65 Å². The van der Waals surface area contributed by atoms with Crippen LogP contribution in [0.3, 0.4) is 0 Å². The molecule has 0 bridgehead atoms. The zero-order valence-corrected chi connectivity index (χ0v) is 23.6. The lowest BCUT2D eigenvalue weighted by Gasteiger charge is -2.41. The van der Waals surface area contributed by atoms with Gasteiger partial charge in [-0.1, -0.05) is 30.3 Å². The number of aromatic nitrogens is 5. The zero-order valence-electron chi connectivity index (χ0n) is 22.8. The molecule has 0 spiro atoms. The Kier molecular flexibility index (Phi) is 6.83. The van der Waals surface area contributed by atoms with Crippen LogP contribution in [0.4, 0.5) is 10.6 Å². The second kappa shape index (κ2) is 9.99. The minimum absolute atomic E-state index is 0.101. The fourth-order valence-electron chi connectivity index (χ4n) is 4.85. The number of aryl methyl sites for hydroxylation is 1. The van der Waals surface area contributed by atoms with Crippen molar-refractivity contribution in [3.05, 3.63) is 60.8 Å². The molecule has 3 aromatic heterocycles. The van der Waals surface area contributed by atoms with E-state index in [2.05, 4.69) is 20.0 Å². The average molecular weight is 552 g/mol. The van der Waals surface area contributed by atoms with Crippen LogP contribution in [-0.4, -0.2) is 74.4 Å². The molecule has 0 aliphatic carbocycles. The van der Waals surface area contributed by atoms with Crippen molar-refractivity contribution in [1.29, 1.82) is 0 Å². The Labute approximate surface area is 228 Å². The average Bonchev–Trinajstić information content (AvgIpc) is 3.47. The first-order valence-corrected chi connectivity index (χ1v) is 14.4. The highest BCUT2D eigenvalue weighted by atomic mass is 32.2. The molecule has 206 valence electrons. The molecule has 1 aliphatic heterocycles. The largest absolute Gasteiger partial charge is 0.444 e. The Morgan fingerprint density at radius 1 is 1.10 bits per heavy atom. The predicted molar refractivity (Wildman–Crippen MR) is 149 cm³/mol. The Bertz CT molecular complexity index is 1610. The van der Waals surface area contributed by atoms with Gasteiger partial charge in [-0.3, -0.25) is 4.68 Å². The van der Waals surface area contributed by atoms with Crippen molar-refractivity contribution in [1.82, 2.24) is 28.6 Å². The molecule has 1 saturated heterocycles. The fraction of sp³-hybridized carbons (Fsp3) is 0.407. The highest BCUT2D eigenvalue weighted by Gasteiger charge is 2.33. The molecule has 11 nitrogen and oxygen atoms in total. The van der Waals surface area contributed by atoms with E-state index in [1.807, 2.05) is 59.1 Å². The van der Waals surface area contributed by atoms with Gasteiger partial charge < -0.3 is 14.5 Å². The van der Waals surface area contributed by atoms with E-state index in [1.165, 1.54) is 10.3 Å². The number of anilines is 1. The van der Waals surface area contributed by atoms with Crippen molar-refractivity contribution >= 4 is 33.0 Å². The Morgan fingerprint density at radius 2 is 1.85 bits per heavy atom. The first-order chi connectivity index (χ1) is 18.4. The van der Waals surface area contributed by atoms with Crippen LogP contribution in [0, 0.1) is 0 Å². The molecule has 4 heterocycles. The van der Waals surface area contributed by atoms with Gasteiger partial charge in [0, 0.05) is 56.2 Å². The van der Waals surface area contributed by atoms with Crippen LogP contribution < -0.4 is 4.90 Å². The summed E-state index contributed by atoms with van der Waals surface area (Å²) in [6.07, 6.45) is 6.19. The first kappa shape index (κ1) is 26.7. The van der Waals surface area contributed by atoms with Gasteiger partial charge in [-0.2, -0.15) is 5.10 Å². The van der Waals surface area contributed by atoms with Gasteiger partial charge in [0.2, 0.25) is 10.0 Å². The summed E-state index contributed by atoms with van der Waals surface area (Å²) in [6.45, 7) is 8.93. The molecular formula is C27H33N7O4S. The lowest BCUT2D eigenvalue weighted by Crippen LogP contribution is -2.54. The predicted octanol–water partition coefficient (Wildman–Crippen LogP) is 3.66. The van der Waals surface area contributed by atoms with E-state index in [0.717, 1.165) is 5.56 Å². The number of benzene rings is 1. The Hall–Kier alpha value is -3.93. The molecule has 1 atom stereocenters. The van der Waals surface area contributed by atoms with Crippen LogP contribution in [0.25, 0.3) is 22.2 Å². The molecule has 5 rings (SSSR count). The summed E-state index contributed by atoms with van der Waals surface area (Å²) < 4.78 is 35.8. The molecular weight excluding hydrogens is 518 g/mol. The van der Waals surface area contributed by atoms with Crippen LogP contribution in [0.5, 0.6) is 0 Å². The summed E-state index contributed by atoms with van der Waals surface area (Å²) in [7, 11) is -2.00. The fourth-order valence-corrected chi connectivity index (χ4v) is 6.27. The lowest BCUT2D eigenvalue weighted by atomic mass is 10.1. The molecule has 0 N–H and O–H groups in total. The molecule has 1 fully saturated rings. The number of hydrogen-bond acceptors (Lipinski definition) is 8. The quantitative estimate of drug-likeness (QED) is 0.369. The smallest absolute Gasteiger partial charge is 0.410 e. The molecule has 1 aromatic carbocycles. The number of carbonyl (C=O) groups is 1. The number of ether oxygens (including phenoxy) is 1. The number of nitrogens with zero attached hydrogens (tertiary/aromatic N) is 7. The standard InChI is InChI=1S/C27H33N7O4S/c1-19-14-32(26(35)38-27(2,3)4)11-12-33(19)24-23-22(21-13-30-31(5)15-21)16-34(25(23)29-18-28-24)39(36,37)17-20-9-7-6-8-10-20/h6-10,13,15-16,18-19H,11-12,14,17H2,1-5H3/t19-/m0/s1. The SMILES string of the molecule is C[C@H]1CN(C(=O)OC(C)(C)C)CCN1c1ncnc2c1c(-c1cnn(C)c1)cn2S(=O)(=O)Cc1ccccc1. The number of carbonyl (C=O) groups excluding carboxylic acids is 1. The van der Waals surface area contributed by atoms with Crippen molar-refractivity contribution in [2.75, 3.05) is 24.5 Å². The Morgan fingerprint density at radius 3 is 2.49 bits per heavy atom. The summed E-state index contributed by atoms with van der Waals surface area (Å²) in [4.78, 5) is 25.6. The monoisotopic (exact) mass is 551 g/mol. The maximum atomic E-state index is 13.7. The van der Waals surface area contributed by atoms with Gasteiger partial charge in [-0.15, -0.1) is 0 Å².